The number of nitrogens with one attached hydrogen (secondary N) is 1. The van der Waals surface area contributed by atoms with E-state index >= 15 is 0 Å². The van der Waals surface area contributed by atoms with E-state index in [2.05, 4.69) is 17.1 Å². The summed E-state index contributed by atoms with van der Waals surface area (Å²) in [5.74, 6) is 0. The third kappa shape index (κ3) is 3.16. The molecule has 0 aromatic rings. The smallest absolute Gasteiger partial charge is 0.0594 e. The van der Waals surface area contributed by atoms with Gasteiger partial charge in [0, 0.05) is 25.2 Å². The first kappa shape index (κ1) is 11.4. The summed E-state index contributed by atoms with van der Waals surface area (Å²) in [4.78, 5) is 2.63. The van der Waals surface area contributed by atoms with Crippen LogP contribution in [0.2, 0.25) is 0 Å². The van der Waals surface area contributed by atoms with E-state index in [1.54, 1.807) is 0 Å². The van der Waals surface area contributed by atoms with Crippen LogP contribution in [0.5, 0.6) is 0 Å². The first-order chi connectivity index (χ1) is 7.40. The molecule has 3 heteroatoms. The molecule has 2 fully saturated rings. The van der Waals surface area contributed by atoms with Crippen molar-refractivity contribution < 1.29 is 4.74 Å². The molecule has 0 spiro atoms. The zero-order valence-corrected chi connectivity index (χ0v) is 9.87. The average Bonchev–Trinajstić information content (AvgIpc) is 2.32. The lowest BCUT2D eigenvalue weighted by molar-refractivity contribution is 0.00662. The fourth-order valence-electron chi connectivity index (χ4n) is 2.88. The predicted molar refractivity (Wildman–Crippen MR) is 62.1 cm³/mol. The van der Waals surface area contributed by atoms with Crippen LogP contribution < -0.4 is 5.32 Å². The fourth-order valence-corrected chi connectivity index (χ4v) is 2.88. The van der Waals surface area contributed by atoms with Gasteiger partial charge in [-0.3, -0.25) is 4.90 Å². The molecule has 0 unspecified atom stereocenters. The van der Waals surface area contributed by atoms with Gasteiger partial charge in [0.15, 0.2) is 0 Å². The molecular weight excluding hydrogens is 188 g/mol. The molecule has 0 bridgehead atoms. The van der Waals surface area contributed by atoms with E-state index in [0.29, 0.717) is 0 Å². The van der Waals surface area contributed by atoms with Crippen LogP contribution in [0.4, 0.5) is 0 Å². The quantitative estimate of drug-likeness (QED) is 0.762. The summed E-state index contributed by atoms with van der Waals surface area (Å²) in [6, 6.07) is 1.62. The second-order valence-corrected chi connectivity index (χ2v) is 4.71. The van der Waals surface area contributed by atoms with Crippen molar-refractivity contribution in [1.82, 2.24) is 10.2 Å². The minimum Gasteiger partial charge on any atom is -0.379 e. The van der Waals surface area contributed by atoms with Gasteiger partial charge in [0.1, 0.15) is 0 Å². The molecule has 2 rings (SSSR count). The minimum absolute atomic E-state index is 0.785. The Balaban J connectivity index is 1.72. The molecule has 0 aromatic carbocycles. The van der Waals surface area contributed by atoms with E-state index in [-0.39, 0.29) is 0 Å². The third-order valence-electron chi connectivity index (χ3n) is 3.75. The van der Waals surface area contributed by atoms with Gasteiger partial charge in [0.25, 0.3) is 0 Å². The SMILES string of the molecule is CCN[C@H]1CC[C@H](N2CCOCC2)CC1. The average molecular weight is 212 g/mol. The molecule has 0 amide bonds. The lowest BCUT2D eigenvalue weighted by Gasteiger charge is -2.38. The molecule has 0 aromatic heterocycles. The zero-order valence-electron chi connectivity index (χ0n) is 9.87. The third-order valence-corrected chi connectivity index (χ3v) is 3.75. The predicted octanol–water partition coefficient (Wildman–Crippen LogP) is 1.24. The van der Waals surface area contributed by atoms with Gasteiger partial charge in [-0.05, 0) is 32.2 Å². The molecule has 3 nitrogen and oxygen atoms in total. The topological polar surface area (TPSA) is 24.5 Å². The molecular formula is C12H24N2O. The van der Waals surface area contributed by atoms with E-state index in [1.165, 1.54) is 25.7 Å². The van der Waals surface area contributed by atoms with E-state index in [4.69, 9.17) is 4.74 Å². The summed E-state index contributed by atoms with van der Waals surface area (Å²) in [7, 11) is 0. The molecule has 1 heterocycles. The van der Waals surface area contributed by atoms with Crippen molar-refractivity contribution in [1.29, 1.82) is 0 Å². The summed E-state index contributed by atoms with van der Waals surface area (Å²) in [5.41, 5.74) is 0. The second-order valence-electron chi connectivity index (χ2n) is 4.71. The maximum atomic E-state index is 5.40. The van der Waals surface area contributed by atoms with Gasteiger partial charge in [-0.1, -0.05) is 6.92 Å². The van der Waals surface area contributed by atoms with Crippen molar-refractivity contribution in [2.45, 2.75) is 44.7 Å². The molecule has 0 radical (unpaired) electrons. The van der Waals surface area contributed by atoms with Crippen molar-refractivity contribution in [2.24, 2.45) is 0 Å². The first-order valence-electron chi connectivity index (χ1n) is 6.45. The second kappa shape index (κ2) is 5.83. The van der Waals surface area contributed by atoms with E-state index in [9.17, 15) is 0 Å². The van der Waals surface area contributed by atoms with Crippen LogP contribution in [0.15, 0.2) is 0 Å². The molecule has 1 saturated carbocycles. The van der Waals surface area contributed by atoms with Gasteiger partial charge >= 0.3 is 0 Å². The molecule has 1 aliphatic heterocycles. The lowest BCUT2D eigenvalue weighted by atomic mass is 9.90. The standard InChI is InChI=1S/C12H24N2O/c1-2-13-11-3-5-12(6-4-11)14-7-9-15-10-8-14/h11-13H,2-10H2,1H3/t11-,12-. The fraction of sp³-hybridized carbons (Fsp3) is 1.00. The van der Waals surface area contributed by atoms with Crippen LogP contribution in [-0.4, -0.2) is 49.8 Å². The summed E-state index contributed by atoms with van der Waals surface area (Å²) >= 11 is 0. The molecule has 1 saturated heterocycles. The van der Waals surface area contributed by atoms with E-state index < -0.39 is 0 Å². The highest BCUT2D eigenvalue weighted by Crippen LogP contribution is 2.23. The Morgan fingerprint density at radius 3 is 2.40 bits per heavy atom. The highest BCUT2D eigenvalue weighted by atomic mass is 16.5. The Labute approximate surface area is 93.2 Å². The van der Waals surface area contributed by atoms with E-state index in [1.807, 2.05) is 0 Å². The summed E-state index contributed by atoms with van der Waals surface area (Å²) in [6.45, 7) is 7.49. The number of nitrogens with zero attached hydrogens (tertiary/aromatic N) is 1. The Morgan fingerprint density at radius 1 is 1.13 bits per heavy atom. The maximum absolute atomic E-state index is 5.40. The number of ether oxygens (including phenoxy) is 1. The van der Waals surface area contributed by atoms with Gasteiger partial charge in [0.05, 0.1) is 13.2 Å². The zero-order chi connectivity index (χ0) is 10.5. The van der Waals surface area contributed by atoms with Gasteiger partial charge < -0.3 is 10.1 Å². The number of hydrogen-bond acceptors (Lipinski definition) is 3. The Morgan fingerprint density at radius 2 is 1.80 bits per heavy atom. The molecule has 88 valence electrons. The van der Waals surface area contributed by atoms with E-state index in [0.717, 1.165) is 44.9 Å². The molecule has 15 heavy (non-hydrogen) atoms. The molecule has 0 atom stereocenters. The summed E-state index contributed by atoms with van der Waals surface area (Å²) < 4.78 is 5.40. The first-order valence-corrected chi connectivity index (χ1v) is 6.45. The largest absolute Gasteiger partial charge is 0.379 e. The van der Waals surface area contributed by atoms with Crippen LogP contribution in [0, 0.1) is 0 Å². The van der Waals surface area contributed by atoms with Crippen LogP contribution in [0.1, 0.15) is 32.6 Å². The van der Waals surface area contributed by atoms with Crippen molar-refractivity contribution >= 4 is 0 Å². The highest BCUT2D eigenvalue weighted by molar-refractivity contribution is 4.83. The van der Waals surface area contributed by atoms with Gasteiger partial charge in [0.2, 0.25) is 0 Å². The van der Waals surface area contributed by atoms with Gasteiger partial charge in [-0.25, -0.2) is 0 Å². The maximum Gasteiger partial charge on any atom is 0.0594 e. The van der Waals surface area contributed by atoms with Crippen LogP contribution >= 0.6 is 0 Å². The van der Waals surface area contributed by atoms with Crippen molar-refractivity contribution in [3.63, 3.8) is 0 Å². The molecule has 1 N–H and O–H groups in total. The lowest BCUT2D eigenvalue weighted by Crippen LogP contribution is -2.47. The minimum atomic E-state index is 0.785. The number of morpholine rings is 1. The van der Waals surface area contributed by atoms with Gasteiger partial charge in [-0.2, -0.15) is 0 Å². The van der Waals surface area contributed by atoms with Crippen LogP contribution in [-0.2, 0) is 4.74 Å². The Hall–Kier alpha value is -0.120. The highest BCUT2D eigenvalue weighted by Gasteiger charge is 2.26. The number of rotatable bonds is 3. The Bertz CT molecular complexity index is 172. The number of hydrogen-bond donors (Lipinski definition) is 1. The molecule has 1 aliphatic carbocycles. The van der Waals surface area contributed by atoms with Crippen LogP contribution in [0.3, 0.4) is 0 Å². The van der Waals surface area contributed by atoms with Crippen molar-refractivity contribution in [3.05, 3.63) is 0 Å². The Kier molecular flexibility index (Phi) is 4.42. The molecule has 2 aliphatic rings. The van der Waals surface area contributed by atoms with Gasteiger partial charge in [-0.15, -0.1) is 0 Å². The monoisotopic (exact) mass is 212 g/mol. The summed E-state index contributed by atoms with van der Waals surface area (Å²) in [5, 5.41) is 3.56. The summed E-state index contributed by atoms with van der Waals surface area (Å²) in [6.07, 6.45) is 5.46. The van der Waals surface area contributed by atoms with Crippen LogP contribution in [0.25, 0.3) is 0 Å². The van der Waals surface area contributed by atoms with Crippen molar-refractivity contribution in [2.75, 3.05) is 32.8 Å². The van der Waals surface area contributed by atoms with Crippen molar-refractivity contribution in [3.8, 4) is 0 Å². The normalized spacial score (nSPS) is 34.2.